The van der Waals surface area contributed by atoms with Gasteiger partial charge >= 0.3 is 0 Å². The molecule has 1 saturated heterocycles. The number of ketones is 1. The molecule has 2 fully saturated rings. The Morgan fingerprint density at radius 2 is 2.06 bits per heavy atom. The Morgan fingerprint density at radius 3 is 2.71 bits per heavy atom. The van der Waals surface area contributed by atoms with E-state index in [1.165, 1.54) is 6.42 Å². The Labute approximate surface area is 104 Å². The van der Waals surface area contributed by atoms with Crippen LogP contribution in [0.5, 0.6) is 0 Å². The van der Waals surface area contributed by atoms with Crippen LogP contribution in [-0.4, -0.2) is 29.7 Å². The molecule has 0 aromatic heterocycles. The Hall–Kier alpha value is -0.860. The molecule has 3 nitrogen and oxygen atoms in total. The molecule has 0 aromatic carbocycles. The Morgan fingerprint density at radius 1 is 1.29 bits per heavy atom. The summed E-state index contributed by atoms with van der Waals surface area (Å²) in [5.41, 5.74) is 0.107. The van der Waals surface area contributed by atoms with Gasteiger partial charge in [0.05, 0.1) is 6.54 Å². The predicted octanol–water partition coefficient (Wildman–Crippen LogP) is 2.39. The molecule has 1 aliphatic heterocycles. The van der Waals surface area contributed by atoms with Crippen molar-refractivity contribution in [3.8, 4) is 0 Å². The van der Waals surface area contributed by atoms with Crippen LogP contribution in [0.3, 0.4) is 0 Å². The van der Waals surface area contributed by atoms with E-state index in [2.05, 4.69) is 13.8 Å². The van der Waals surface area contributed by atoms with Crippen LogP contribution in [-0.2, 0) is 9.59 Å². The van der Waals surface area contributed by atoms with Crippen LogP contribution in [0.4, 0.5) is 0 Å². The fourth-order valence-electron chi connectivity index (χ4n) is 3.20. The summed E-state index contributed by atoms with van der Waals surface area (Å²) in [6.45, 7) is 5.52. The van der Waals surface area contributed by atoms with E-state index in [0.29, 0.717) is 13.0 Å². The van der Waals surface area contributed by atoms with E-state index in [-0.39, 0.29) is 23.0 Å². The fraction of sp³-hybridized carbons (Fsp3) is 0.857. The average Bonchev–Trinajstić information content (AvgIpc) is 2.27. The van der Waals surface area contributed by atoms with Gasteiger partial charge in [0.2, 0.25) is 5.91 Å². The molecule has 0 aromatic rings. The summed E-state index contributed by atoms with van der Waals surface area (Å²) in [5.74, 6) is 0.572. The molecule has 3 heteroatoms. The number of rotatable bonds is 1. The number of hydrogen-bond acceptors (Lipinski definition) is 2. The van der Waals surface area contributed by atoms with Crippen molar-refractivity contribution in [3.63, 3.8) is 0 Å². The second kappa shape index (κ2) is 4.79. The van der Waals surface area contributed by atoms with Gasteiger partial charge in [0.25, 0.3) is 0 Å². The van der Waals surface area contributed by atoms with Gasteiger partial charge in [0.15, 0.2) is 5.78 Å². The number of piperidine rings is 1. The first-order valence-corrected chi connectivity index (χ1v) is 6.81. The highest BCUT2D eigenvalue weighted by Crippen LogP contribution is 2.41. The van der Waals surface area contributed by atoms with Crippen molar-refractivity contribution in [2.45, 2.75) is 52.4 Å². The molecule has 2 aliphatic rings. The number of nitrogens with zero attached hydrogens (tertiary/aromatic N) is 1. The highest BCUT2D eigenvalue weighted by molar-refractivity contribution is 5.88. The average molecular weight is 237 g/mol. The van der Waals surface area contributed by atoms with E-state index in [1.54, 1.807) is 4.90 Å². The molecule has 1 atom stereocenters. The van der Waals surface area contributed by atoms with Crippen LogP contribution in [0.25, 0.3) is 0 Å². The molecular formula is C14H23NO2. The highest BCUT2D eigenvalue weighted by Gasteiger charge is 2.39. The summed E-state index contributed by atoms with van der Waals surface area (Å²) in [5, 5.41) is 0. The van der Waals surface area contributed by atoms with Gasteiger partial charge < -0.3 is 4.90 Å². The van der Waals surface area contributed by atoms with Gasteiger partial charge in [-0.2, -0.15) is 0 Å². The minimum atomic E-state index is 0.107. The van der Waals surface area contributed by atoms with Crippen molar-refractivity contribution in [3.05, 3.63) is 0 Å². The molecule has 1 aliphatic carbocycles. The number of amides is 1. The molecule has 0 N–H and O–H groups in total. The maximum atomic E-state index is 12.5. The number of carbonyl (C=O) groups is 2. The van der Waals surface area contributed by atoms with E-state index in [4.69, 9.17) is 0 Å². The number of carbonyl (C=O) groups excluding carboxylic acids is 2. The van der Waals surface area contributed by atoms with Crippen LogP contribution in [0.1, 0.15) is 52.4 Å². The minimum absolute atomic E-state index is 0.107. The van der Waals surface area contributed by atoms with Crippen molar-refractivity contribution in [2.24, 2.45) is 11.3 Å². The lowest BCUT2D eigenvalue weighted by Crippen LogP contribution is -2.47. The van der Waals surface area contributed by atoms with Gasteiger partial charge in [-0.3, -0.25) is 9.59 Å². The highest BCUT2D eigenvalue weighted by atomic mass is 16.2. The molecular weight excluding hydrogens is 214 g/mol. The van der Waals surface area contributed by atoms with Crippen molar-refractivity contribution in [1.82, 2.24) is 4.90 Å². The molecule has 0 bridgehead atoms. The fourth-order valence-corrected chi connectivity index (χ4v) is 3.20. The smallest absolute Gasteiger partial charge is 0.226 e. The van der Waals surface area contributed by atoms with Gasteiger partial charge in [-0.1, -0.05) is 26.7 Å². The summed E-state index contributed by atoms with van der Waals surface area (Å²) in [7, 11) is 0. The zero-order valence-electron chi connectivity index (χ0n) is 11.0. The predicted molar refractivity (Wildman–Crippen MR) is 66.6 cm³/mol. The standard InChI is InChI=1S/C14H23NO2/c1-14(2)8-4-3-7-12(14)13(17)15-9-5-6-11(16)10-15/h12H,3-10H2,1-2H3. The molecule has 1 saturated carbocycles. The molecule has 17 heavy (non-hydrogen) atoms. The summed E-state index contributed by atoms with van der Waals surface area (Å²) in [4.78, 5) is 25.7. The normalized spacial score (nSPS) is 29.2. The van der Waals surface area contributed by atoms with Crippen molar-refractivity contribution >= 4 is 11.7 Å². The number of hydrogen-bond donors (Lipinski definition) is 0. The third kappa shape index (κ3) is 2.70. The maximum absolute atomic E-state index is 12.5. The van der Waals surface area contributed by atoms with Gasteiger partial charge in [-0.05, 0) is 24.7 Å². The topological polar surface area (TPSA) is 37.4 Å². The van der Waals surface area contributed by atoms with E-state index in [0.717, 1.165) is 32.2 Å². The lowest BCUT2D eigenvalue weighted by atomic mass is 9.68. The summed E-state index contributed by atoms with van der Waals surface area (Å²) in [6, 6.07) is 0. The minimum Gasteiger partial charge on any atom is -0.335 e. The molecule has 1 unspecified atom stereocenters. The van der Waals surface area contributed by atoms with E-state index in [1.807, 2.05) is 0 Å². The quantitative estimate of drug-likeness (QED) is 0.702. The van der Waals surface area contributed by atoms with E-state index < -0.39 is 0 Å². The SMILES string of the molecule is CC1(C)CCCCC1C(=O)N1CCCC(=O)C1. The molecule has 96 valence electrons. The zero-order valence-corrected chi connectivity index (χ0v) is 11.0. The maximum Gasteiger partial charge on any atom is 0.226 e. The van der Waals surface area contributed by atoms with Gasteiger partial charge in [-0.15, -0.1) is 0 Å². The number of likely N-dealkylation sites (tertiary alicyclic amines) is 1. The molecule has 0 spiro atoms. The lowest BCUT2D eigenvalue weighted by Gasteiger charge is -2.40. The first-order chi connectivity index (χ1) is 8.00. The summed E-state index contributed by atoms with van der Waals surface area (Å²) in [6.07, 6.45) is 6.01. The third-order valence-electron chi connectivity index (χ3n) is 4.37. The molecule has 1 amide bonds. The van der Waals surface area contributed by atoms with Crippen LogP contribution in [0, 0.1) is 11.3 Å². The van der Waals surface area contributed by atoms with Crippen LogP contribution in [0.15, 0.2) is 0 Å². The summed E-state index contributed by atoms with van der Waals surface area (Å²) < 4.78 is 0. The Bertz CT molecular complexity index is 322. The van der Waals surface area contributed by atoms with Gasteiger partial charge in [-0.25, -0.2) is 0 Å². The van der Waals surface area contributed by atoms with Crippen molar-refractivity contribution < 1.29 is 9.59 Å². The van der Waals surface area contributed by atoms with E-state index >= 15 is 0 Å². The van der Waals surface area contributed by atoms with Crippen molar-refractivity contribution in [1.29, 1.82) is 0 Å². The van der Waals surface area contributed by atoms with Crippen molar-refractivity contribution in [2.75, 3.05) is 13.1 Å². The van der Waals surface area contributed by atoms with E-state index in [9.17, 15) is 9.59 Å². The first-order valence-electron chi connectivity index (χ1n) is 6.81. The Balaban J connectivity index is 2.05. The Kier molecular flexibility index (Phi) is 3.55. The van der Waals surface area contributed by atoms with Gasteiger partial charge in [0.1, 0.15) is 0 Å². The second-order valence-corrected chi connectivity index (χ2v) is 6.19. The number of Topliss-reactive ketones (excluding diaryl/α,β-unsaturated/α-hetero) is 1. The lowest BCUT2D eigenvalue weighted by molar-refractivity contribution is -0.145. The third-order valence-corrected chi connectivity index (χ3v) is 4.37. The first kappa shape index (κ1) is 12.6. The van der Waals surface area contributed by atoms with Gasteiger partial charge in [0, 0.05) is 18.9 Å². The van der Waals surface area contributed by atoms with Crippen LogP contribution >= 0.6 is 0 Å². The molecule has 2 rings (SSSR count). The second-order valence-electron chi connectivity index (χ2n) is 6.19. The largest absolute Gasteiger partial charge is 0.335 e. The monoisotopic (exact) mass is 237 g/mol. The summed E-state index contributed by atoms with van der Waals surface area (Å²) >= 11 is 0. The van der Waals surface area contributed by atoms with Crippen LogP contribution in [0.2, 0.25) is 0 Å². The van der Waals surface area contributed by atoms with Crippen LogP contribution < -0.4 is 0 Å². The molecule has 0 radical (unpaired) electrons. The zero-order chi connectivity index (χ0) is 12.5. The molecule has 1 heterocycles.